The van der Waals surface area contributed by atoms with E-state index in [0.717, 1.165) is 63.0 Å². The number of pyridine rings is 1. The normalized spacial score (nSPS) is 14.5. The van der Waals surface area contributed by atoms with Crippen LogP contribution >= 0.6 is 0 Å². The van der Waals surface area contributed by atoms with Crippen molar-refractivity contribution in [2.24, 2.45) is 0 Å². The van der Waals surface area contributed by atoms with Crippen LogP contribution in [0.25, 0.3) is 0 Å². The number of halogens is 2. The van der Waals surface area contributed by atoms with Crippen LogP contribution in [0.2, 0.25) is 0 Å². The van der Waals surface area contributed by atoms with Crippen molar-refractivity contribution in [2.75, 3.05) is 31.2 Å². The van der Waals surface area contributed by atoms with Gasteiger partial charge in [0.2, 0.25) is 5.88 Å². The number of aromatic nitrogens is 1. The molecule has 8 nitrogen and oxygen atoms in total. The number of amides is 2. The van der Waals surface area contributed by atoms with E-state index in [2.05, 4.69) is 22.1 Å². The van der Waals surface area contributed by atoms with E-state index in [1.165, 1.54) is 18.5 Å². The van der Waals surface area contributed by atoms with Crippen molar-refractivity contribution >= 4 is 21.6 Å². The number of anilines is 1. The van der Waals surface area contributed by atoms with Crippen molar-refractivity contribution in [1.82, 2.24) is 14.8 Å². The number of urea groups is 1. The van der Waals surface area contributed by atoms with E-state index < -0.39 is 21.5 Å². The highest BCUT2D eigenvalue weighted by Gasteiger charge is 2.28. The van der Waals surface area contributed by atoms with E-state index in [9.17, 15) is 22.0 Å². The van der Waals surface area contributed by atoms with Gasteiger partial charge in [0.1, 0.15) is 17.4 Å². The average Bonchev–Trinajstić information content (AvgIpc) is 2.93. The summed E-state index contributed by atoms with van der Waals surface area (Å²) in [5.74, 6) is -0.527. The van der Waals surface area contributed by atoms with Crippen molar-refractivity contribution in [3.8, 4) is 11.6 Å². The van der Waals surface area contributed by atoms with Crippen molar-refractivity contribution in [2.45, 2.75) is 50.9 Å². The fourth-order valence-electron chi connectivity index (χ4n) is 4.85. The lowest BCUT2D eigenvalue weighted by Gasteiger charge is -2.38. The number of unbranched alkanes of at least 4 members (excludes halogenated alkanes) is 1. The Hall–Kier alpha value is -3.57. The van der Waals surface area contributed by atoms with E-state index in [1.807, 2.05) is 24.3 Å². The lowest BCUT2D eigenvalue weighted by molar-refractivity contribution is 0.122. The van der Waals surface area contributed by atoms with Crippen LogP contribution in [0.1, 0.15) is 43.7 Å². The number of benzene rings is 2. The van der Waals surface area contributed by atoms with Crippen LogP contribution < -0.4 is 10.1 Å². The van der Waals surface area contributed by atoms with Crippen LogP contribution in [0.15, 0.2) is 60.8 Å². The quantitative estimate of drug-likeness (QED) is 0.297. The van der Waals surface area contributed by atoms with Gasteiger partial charge in [0.05, 0.1) is 11.4 Å². The monoisotopic (exact) mass is 586 g/mol. The molecule has 1 fully saturated rings. The molecule has 3 aromatic rings. The summed E-state index contributed by atoms with van der Waals surface area (Å²) in [6.07, 6.45) is 6.05. The van der Waals surface area contributed by atoms with E-state index in [-0.39, 0.29) is 23.5 Å². The molecule has 0 atom stereocenters. The molecular weight excluding hydrogens is 550 g/mol. The summed E-state index contributed by atoms with van der Waals surface area (Å²) in [6, 6.07) is 13.9. The molecule has 0 unspecified atom stereocenters. The number of likely N-dealkylation sites (tertiary alicyclic amines) is 1. The molecule has 4 rings (SSSR count). The van der Waals surface area contributed by atoms with Crippen LogP contribution in [0, 0.1) is 11.6 Å². The Morgan fingerprint density at radius 2 is 1.78 bits per heavy atom. The number of sulfone groups is 1. The fraction of sp³-hybridized carbons (Fsp3) is 0.400. The molecule has 41 heavy (non-hydrogen) atoms. The summed E-state index contributed by atoms with van der Waals surface area (Å²) in [5, 5.41) is 2.62. The number of nitrogens with one attached hydrogen (secondary N) is 1. The van der Waals surface area contributed by atoms with Gasteiger partial charge in [-0.3, -0.25) is 4.90 Å². The number of nitrogens with zero attached hydrogens (tertiary/aromatic N) is 3. The molecule has 0 spiro atoms. The third kappa shape index (κ3) is 9.22. The standard InChI is InChI=1S/C30H36F2N4O4S/c1-3-4-15-36(30(37)34-28-11-8-24(31)18-27(28)32)25-13-16-35(17-14-25)20-22-5-9-26(10-6-22)40-29-12-7-23(19-33-29)21-41(2,38)39/h5-12,18-19,25H,3-4,13-17,20-21H2,1-2H3,(H,34,37). The Morgan fingerprint density at radius 3 is 2.39 bits per heavy atom. The lowest BCUT2D eigenvalue weighted by Crippen LogP contribution is -2.49. The van der Waals surface area contributed by atoms with Gasteiger partial charge in [-0.25, -0.2) is 27.0 Å². The molecule has 1 saturated heterocycles. The molecule has 2 heterocycles. The van der Waals surface area contributed by atoms with Crippen molar-refractivity contribution in [3.05, 3.63) is 83.6 Å². The summed E-state index contributed by atoms with van der Waals surface area (Å²) in [6.45, 7) is 5.02. The summed E-state index contributed by atoms with van der Waals surface area (Å²) in [4.78, 5) is 21.4. The lowest BCUT2D eigenvalue weighted by atomic mass is 10.0. The average molecular weight is 587 g/mol. The predicted molar refractivity (Wildman–Crippen MR) is 155 cm³/mol. The smallest absolute Gasteiger partial charge is 0.322 e. The van der Waals surface area contributed by atoms with Crippen LogP contribution in [0.4, 0.5) is 19.3 Å². The minimum absolute atomic E-state index is 0.0255. The Balaban J connectivity index is 1.28. The highest BCUT2D eigenvalue weighted by molar-refractivity contribution is 7.89. The Bertz CT molecular complexity index is 1410. The highest BCUT2D eigenvalue weighted by atomic mass is 32.2. The summed E-state index contributed by atoms with van der Waals surface area (Å²) < 4.78 is 56.1. The van der Waals surface area contributed by atoms with Crippen molar-refractivity contribution in [1.29, 1.82) is 0 Å². The molecule has 1 aromatic heterocycles. The van der Waals surface area contributed by atoms with Gasteiger partial charge in [0.15, 0.2) is 9.84 Å². The first-order chi connectivity index (χ1) is 19.6. The zero-order chi connectivity index (χ0) is 29.4. The zero-order valence-electron chi connectivity index (χ0n) is 23.4. The van der Waals surface area contributed by atoms with E-state index in [0.29, 0.717) is 23.7 Å². The van der Waals surface area contributed by atoms with E-state index >= 15 is 0 Å². The van der Waals surface area contributed by atoms with Gasteiger partial charge in [-0.1, -0.05) is 31.5 Å². The molecule has 0 radical (unpaired) electrons. The van der Waals surface area contributed by atoms with Gasteiger partial charge in [-0.2, -0.15) is 0 Å². The number of rotatable bonds is 11. The molecule has 2 amide bonds. The number of hydrogen-bond donors (Lipinski definition) is 1. The van der Waals surface area contributed by atoms with Crippen molar-refractivity contribution < 1.29 is 26.7 Å². The maximum absolute atomic E-state index is 14.1. The van der Waals surface area contributed by atoms with Crippen LogP contribution in [0.5, 0.6) is 11.6 Å². The Labute approximate surface area is 240 Å². The highest BCUT2D eigenvalue weighted by Crippen LogP contribution is 2.24. The number of piperidine rings is 1. The second-order valence-electron chi connectivity index (χ2n) is 10.4. The fourth-order valence-corrected chi connectivity index (χ4v) is 5.62. The SMILES string of the molecule is CCCCN(C(=O)Nc1ccc(F)cc1F)C1CCN(Cc2ccc(Oc3ccc(CS(C)(=O)=O)cn3)cc2)CC1. The maximum Gasteiger partial charge on any atom is 0.322 e. The summed E-state index contributed by atoms with van der Waals surface area (Å²) >= 11 is 0. The summed E-state index contributed by atoms with van der Waals surface area (Å²) in [7, 11) is -3.12. The van der Waals surface area contributed by atoms with E-state index in [4.69, 9.17) is 4.74 Å². The molecule has 0 saturated carbocycles. The first-order valence-corrected chi connectivity index (χ1v) is 15.8. The van der Waals surface area contributed by atoms with Crippen LogP contribution in [-0.4, -0.2) is 61.2 Å². The Morgan fingerprint density at radius 1 is 1.07 bits per heavy atom. The molecule has 1 aliphatic heterocycles. The second kappa shape index (κ2) is 13.9. The van der Waals surface area contributed by atoms with Crippen molar-refractivity contribution in [3.63, 3.8) is 0 Å². The molecule has 0 aliphatic carbocycles. The second-order valence-corrected chi connectivity index (χ2v) is 12.6. The van der Waals surface area contributed by atoms with E-state index in [1.54, 1.807) is 17.0 Å². The van der Waals surface area contributed by atoms with Gasteiger partial charge >= 0.3 is 6.03 Å². The third-order valence-corrected chi connectivity index (χ3v) is 7.82. The molecule has 11 heteroatoms. The number of ether oxygens (including phenoxy) is 1. The minimum Gasteiger partial charge on any atom is -0.439 e. The predicted octanol–water partition coefficient (Wildman–Crippen LogP) is 6.00. The molecule has 2 aromatic carbocycles. The van der Waals surface area contributed by atoms with Gasteiger partial charge in [-0.15, -0.1) is 0 Å². The topological polar surface area (TPSA) is 91.8 Å². The first kappa shape index (κ1) is 30.4. The zero-order valence-corrected chi connectivity index (χ0v) is 24.2. The molecular formula is C30H36F2N4O4S. The number of hydrogen-bond acceptors (Lipinski definition) is 6. The van der Waals surface area contributed by atoms with Gasteiger partial charge in [-0.05, 0) is 54.7 Å². The first-order valence-electron chi connectivity index (χ1n) is 13.7. The molecule has 1 aliphatic rings. The van der Waals surface area contributed by atoms with Gasteiger partial charge < -0.3 is 15.0 Å². The van der Waals surface area contributed by atoms with Crippen LogP contribution in [-0.2, 0) is 22.1 Å². The molecule has 220 valence electrons. The number of carbonyl (C=O) groups excluding carboxylic acids is 1. The summed E-state index contributed by atoms with van der Waals surface area (Å²) in [5.41, 5.74) is 1.71. The third-order valence-electron chi connectivity index (χ3n) is 6.96. The maximum atomic E-state index is 14.1. The molecule has 1 N–H and O–H groups in total. The van der Waals surface area contributed by atoms with Gasteiger partial charge in [0.25, 0.3) is 0 Å². The molecule has 0 bridgehead atoms. The van der Waals surface area contributed by atoms with Crippen LogP contribution in [0.3, 0.4) is 0 Å². The van der Waals surface area contributed by atoms with Gasteiger partial charge in [0, 0.05) is 56.8 Å². The Kier molecular flexibility index (Phi) is 10.3. The minimum atomic E-state index is -3.12. The largest absolute Gasteiger partial charge is 0.439 e. The number of carbonyl (C=O) groups is 1.